The molecule has 3 rings (SSSR count). The monoisotopic (exact) mass is 467 g/mol. The van der Waals surface area contributed by atoms with Gasteiger partial charge in [-0.1, -0.05) is 30.3 Å². The summed E-state index contributed by atoms with van der Waals surface area (Å²) in [6.45, 7) is 1.38. The fourth-order valence-corrected chi connectivity index (χ4v) is 3.96. The third kappa shape index (κ3) is 5.09. The van der Waals surface area contributed by atoms with Crippen molar-refractivity contribution in [1.82, 2.24) is 15.2 Å². The number of halogens is 3. The van der Waals surface area contributed by atoms with Gasteiger partial charge >= 0.3 is 12.5 Å². The summed E-state index contributed by atoms with van der Waals surface area (Å²) in [6, 6.07) is 7.98. The normalized spacial score (nSPS) is 20.6. The lowest BCUT2D eigenvalue weighted by atomic mass is 9.99. The number of pyridine rings is 1. The van der Waals surface area contributed by atoms with E-state index in [4.69, 9.17) is 9.84 Å². The molecule has 0 unspecified atom stereocenters. The highest BCUT2D eigenvalue weighted by atomic mass is 19.3. The number of ether oxygens (including phenoxy) is 1. The minimum absolute atomic E-state index is 0.344. The van der Waals surface area contributed by atoms with E-state index in [9.17, 15) is 27.9 Å². The van der Waals surface area contributed by atoms with Gasteiger partial charge < -0.3 is 25.2 Å². The van der Waals surface area contributed by atoms with E-state index in [1.807, 2.05) is 0 Å². The molecule has 1 aromatic heterocycles. The molecule has 0 aliphatic carbocycles. The highest BCUT2D eigenvalue weighted by molar-refractivity contribution is 5.80. The smallest absolute Gasteiger partial charge is 0.405 e. The number of benzene rings is 1. The van der Waals surface area contributed by atoms with Crippen LogP contribution >= 0.6 is 0 Å². The zero-order valence-electron chi connectivity index (χ0n) is 17.9. The first-order valence-electron chi connectivity index (χ1n) is 10.1. The number of carbonyl (C=O) groups is 2. The minimum Gasteiger partial charge on any atom is -0.465 e. The molecule has 2 heterocycles. The minimum atomic E-state index is -3.27. The summed E-state index contributed by atoms with van der Waals surface area (Å²) < 4.78 is 45.7. The molecule has 1 fully saturated rings. The van der Waals surface area contributed by atoms with Crippen molar-refractivity contribution in [3.63, 3.8) is 0 Å². The molecular weight excluding hydrogens is 443 g/mol. The Morgan fingerprint density at radius 1 is 1.18 bits per heavy atom. The van der Waals surface area contributed by atoms with Crippen LogP contribution in [0.4, 0.5) is 18.0 Å². The van der Waals surface area contributed by atoms with E-state index >= 15 is 0 Å². The fourth-order valence-electron chi connectivity index (χ4n) is 3.96. The number of carboxylic acid groups (broad SMARTS) is 1. The number of carbonyl (C=O) groups excluding carboxylic acids is 1. The van der Waals surface area contributed by atoms with Gasteiger partial charge in [0.15, 0.2) is 0 Å². The molecule has 0 bridgehead atoms. The van der Waals surface area contributed by atoms with Crippen molar-refractivity contribution in [2.45, 2.75) is 44.2 Å². The van der Waals surface area contributed by atoms with Gasteiger partial charge in [-0.3, -0.25) is 9.78 Å². The lowest BCUT2D eigenvalue weighted by Crippen LogP contribution is -2.51. The highest BCUT2D eigenvalue weighted by Crippen LogP contribution is 2.42. The summed E-state index contributed by atoms with van der Waals surface area (Å²) in [5.41, 5.74) is 0.896. The summed E-state index contributed by atoms with van der Waals surface area (Å²) in [7, 11) is 0. The predicted molar refractivity (Wildman–Crippen MR) is 111 cm³/mol. The lowest BCUT2D eigenvalue weighted by molar-refractivity contribution is -0.159. The van der Waals surface area contributed by atoms with E-state index in [2.05, 4.69) is 10.3 Å². The molecule has 0 radical (unpaired) electrons. The van der Waals surface area contributed by atoms with Gasteiger partial charge in [0.25, 0.3) is 5.91 Å². The zero-order valence-corrected chi connectivity index (χ0v) is 17.9. The molecule has 0 saturated carbocycles. The maximum absolute atomic E-state index is 13.8. The molecule has 3 N–H and O–H groups in total. The second-order valence-corrected chi connectivity index (χ2v) is 7.99. The van der Waals surface area contributed by atoms with E-state index < -0.39 is 55.6 Å². The van der Waals surface area contributed by atoms with E-state index in [0.29, 0.717) is 16.8 Å². The molecule has 1 saturated heterocycles. The number of hydrogen-bond donors (Lipinski definition) is 3. The van der Waals surface area contributed by atoms with E-state index in [1.54, 1.807) is 36.4 Å². The maximum Gasteiger partial charge on any atom is 0.405 e. The first-order chi connectivity index (χ1) is 15.6. The van der Waals surface area contributed by atoms with Gasteiger partial charge in [0.1, 0.15) is 18.5 Å². The topological polar surface area (TPSA) is 112 Å². The molecule has 0 spiro atoms. The van der Waals surface area contributed by atoms with Gasteiger partial charge in [-0.15, -0.1) is 0 Å². The van der Waals surface area contributed by atoms with Gasteiger partial charge in [0, 0.05) is 11.8 Å². The molecular formula is C22H24F3N3O5. The third-order valence-corrected chi connectivity index (χ3v) is 5.46. The van der Waals surface area contributed by atoms with E-state index in [0.717, 1.165) is 10.5 Å². The average molecular weight is 467 g/mol. The molecule has 3 atom stereocenters. The molecule has 33 heavy (non-hydrogen) atoms. The largest absolute Gasteiger partial charge is 0.465 e. The van der Waals surface area contributed by atoms with Crippen LogP contribution in [0.1, 0.15) is 37.3 Å². The molecule has 1 aliphatic heterocycles. The highest BCUT2D eigenvalue weighted by Gasteiger charge is 2.52. The van der Waals surface area contributed by atoms with Crippen molar-refractivity contribution in [3.8, 4) is 11.1 Å². The SMILES string of the molecule is CC1(C)O[C@H](c2ccc(-c3ccc([C@@H](CO)NC(=O)O)nc3)cc2)[C@@H](CF)N1C(=O)C(F)F. The van der Waals surface area contributed by atoms with Gasteiger partial charge in [-0.05, 0) is 31.0 Å². The van der Waals surface area contributed by atoms with Gasteiger partial charge in [0.2, 0.25) is 0 Å². The number of aromatic nitrogens is 1. The second-order valence-electron chi connectivity index (χ2n) is 7.99. The number of amides is 2. The standard InChI is InChI=1S/C22H24F3N3O5/c1-22(2)28(20(30)19(24)25)17(9-23)18(33-22)13-5-3-12(4-6-13)14-7-8-15(26-10-14)16(11-29)27-21(31)32/h3-8,10,16-19,27,29H,9,11H2,1-2H3,(H,31,32)/t16-,17-,18-/m1/s1. The molecule has 11 heteroatoms. The number of hydrogen-bond acceptors (Lipinski definition) is 5. The van der Waals surface area contributed by atoms with Gasteiger partial charge in [-0.25, -0.2) is 9.18 Å². The Balaban J connectivity index is 1.81. The Kier molecular flexibility index (Phi) is 7.23. The predicted octanol–water partition coefficient (Wildman–Crippen LogP) is 3.29. The van der Waals surface area contributed by atoms with Gasteiger partial charge in [0.05, 0.1) is 24.4 Å². The number of aliphatic hydroxyl groups excluding tert-OH is 1. The van der Waals surface area contributed by atoms with E-state index in [1.165, 1.54) is 20.0 Å². The summed E-state index contributed by atoms with van der Waals surface area (Å²) in [5, 5.41) is 20.3. The van der Waals surface area contributed by atoms with Crippen LogP contribution in [0.5, 0.6) is 0 Å². The molecule has 178 valence electrons. The number of nitrogens with one attached hydrogen (secondary N) is 1. The van der Waals surface area contributed by atoms with Crippen molar-refractivity contribution in [1.29, 1.82) is 0 Å². The summed E-state index contributed by atoms with van der Waals surface area (Å²) >= 11 is 0. The number of rotatable bonds is 7. The Bertz CT molecular complexity index is 986. The van der Waals surface area contributed by atoms with Crippen LogP contribution in [0.15, 0.2) is 42.6 Å². The van der Waals surface area contributed by atoms with Crippen molar-refractivity contribution >= 4 is 12.0 Å². The molecule has 8 nitrogen and oxygen atoms in total. The van der Waals surface area contributed by atoms with Crippen molar-refractivity contribution in [2.75, 3.05) is 13.3 Å². The number of nitrogens with zero attached hydrogens (tertiary/aromatic N) is 2. The Morgan fingerprint density at radius 3 is 2.30 bits per heavy atom. The van der Waals surface area contributed by atoms with Crippen LogP contribution in [0.3, 0.4) is 0 Å². The Hall–Kier alpha value is -3.18. The van der Waals surface area contributed by atoms with Crippen LogP contribution < -0.4 is 5.32 Å². The molecule has 1 aromatic carbocycles. The van der Waals surface area contributed by atoms with Crippen LogP contribution in [0.25, 0.3) is 11.1 Å². The maximum atomic E-state index is 13.8. The Labute approximate surface area is 188 Å². The second kappa shape index (κ2) is 9.75. The Morgan fingerprint density at radius 2 is 1.82 bits per heavy atom. The fraction of sp³-hybridized carbons (Fsp3) is 0.409. The number of alkyl halides is 3. The molecule has 1 aliphatic rings. The zero-order chi connectivity index (χ0) is 24.3. The summed E-state index contributed by atoms with van der Waals surface area (Å²) in [6.07, 6.45) is -3.96. The molecule has 2 aromatic rings. The van der Waals surface area contributed by atoms with Crippen molar-refractivity contribution in [2.24, 2.45) is 0 Å². The third-order valence-electron chi connectivity index (χ3n) is 5.46. The van der Waals surface area contributed by atoms with Crippen LogP contribution in [-0.2, 0) is 9.53 Å². The van der Waals surface area contributed by atoms with Gasteiger partial charge in [-0.2, -0.15) is 8.78 Å². The van der Waals surface area contributed by atoms with Crippen molar-refractivity contribution in [3.05, 3.63) is 53.9 Å². The first-order valence-corrected chi connectivity index (χ1v) is 10.1. The quantitative estimate of drug-likeness (QED) is 0.576. The van der Waals surface area contributed by atoms with Crippen molar-refractivity contribution < 1.29 is 37.7 Å². The van der Waals surface area contributed by atoms with E-state index in [-0.39, 0.29) is 0 Å². The first kappa shape index (κ1) is 24.5. The number of aliphatic hydroxyl groups is 1. The molecule has 2 amide bonds. The summed E-state index contributed by atoms with van der Waals surface area (Å²) in [5.74, 6) is -1.48. The van der Waals surface area contributed by atoms with Crippen LogP contribution in [0.2, 0.25) is 0 Å². The van der Waals surface area contributed by atoms with Crippen LogP contribution in [-0.4, -0.2) is 63.6 Å². The summed E-state index contributed by atoms with van der Waals surface area (Å²) in [4.78, 5) is 27.7. The van der Waals surface area contributed by atoms with Crippen LogP contribution in [0, 0.1) is 0 Å². The lowest BCUT2D eigenvalue weighted by Gasteiger charge is -2.32. The average Bonchev–Trinajstić information content (AvgIpc) is 3.07.